The van der Waals surface area contributed by atoms with Crippen LogP contribution in [-0.2, 0) is 11.8 Å². The number of benzene rings is 7. The van der Waals surface area contributed by atoms with E-state index >= 15 is 0 Å². The molecule has 1 unspecified atom stereocenters. The van der Waals surface area contributed by atoms with Gasteiger partial charge < -0.3 is 4.57 Å². The zero-order chi connectivity index (χ0) is 38.4. The van der Waals surface area contributed by atoms with Crippen LogP contribution in [-0.4, -0.2) is 32.6 Å². The van der Waals surface area contributed by atoms with Crippen molar-refractivity contribution >= 4 is 84.5 Å². The van der Waals surface area contributed by atoms with E-state index in [-0.39, 0.29) is 0 Å². The Kier molecular flexibility index (Phi) is 7.33. The van der Waals surface area contributed by atoms with E-state index in [0.29, 0.717) is 11.6 Å². The molecule has 1 atom stereocenters. The van der Waals surface area contributed by atoms with Crippen molar-refractivity contribution in [1.82, 2.24) is 24.5 Å². The molecule has 0 spiro atoms. The minimum absolute atomic E-state index is 0.656. The van der Waals surface area contributed by atoms with Crippen molar-refractivity contribution < 1.29 is 0 Å². The molecule has 0 amide bonds. The molecule has 5 heterocycles. The van der Waals surface area contributed by atoms with E-state index in [2.05, 4.69) is 168 Å². The van der Waals surface area contributed by atoms with Gasteiger partial charge in [-0.15, -0.1) is 0 Å². The predicted molar refractivity (Wildman–Crippen MR) is 245 cm³/mol. The Morgan fingerprint density at radius 3 is 1.69 bits per heavy atom. The maximum atomic E-state index is 7.36. The molecule has 7 aromatic carbocycles. The van der Waals surface area contributed by atoms with Gasteiger partial charge in [-0.2, -0.15) is 15.6 Å². The summed E-state index contributed by atoms with van der Waals surface area (Å²) in [6, 6.07) is 64.2. The van der Waals surface area contributed by atoms with Gasteiger partial charge in [0.25, 0.3) is 0 Å². The summed E-state index contributed by atoms with van der Waals surface area (Å²) < 4.78 is 2.40. The monoisotopic (exact) mass is 793 g/mol. The van der Waals surface area contributed by atoms with Gasteiger partial charge >= 0.3 is 0 Å². The second-order valence-electron chi connectivity index (χ2n) is 14.9. The average Bonchev–Trinajstić information content (AvgIpc) is 3.76. The molecule has 0 fully saturated rings. The molecule has 0 bridgehead atoms. The summed E-state index contributed by atoms with van der Waals surface area (Å²) in [6.45, 7) is 0. The number of hydrogen-bond acceptors (Lipinski definition) is 5. The summed E-state index contributed by atoms with van der Waals surface area (Å²) in [5.41, 5.74) is 6.94. The summed E-state index contributed by atoms with van der Waals surface area (Å²) in [7, 11) is -3.26. The van der Waals surface area contributed by atoms with E-state index in [9.17, 15) is 0 Å². The van der Waals surface area contributed by atoms with Crippen LogP contribution >= 0.6 is 6.04 Å². The molecule has 58 heavy (non-hydrogen) atoms. The molecule has 12 rings (SSSR count). The van der Waals surface area contributed by atoms with Crippen molar-refractivity contribution in [2.45, 2.75) is 0 Å². The van der Waals surface area contributed by atoms with E-state index in [4.69, 9.17) is 31.7 Å². The molecular formula is C50H32N5PSSi-. The Morgan fingerprint density at radius 2 is 1.03 bits per heavy atom. The van der Waals surface area contributed by atoms with Gasteiger partial charge in [-0.3, -0.25) is 4.98 Å². The highest BCUT2D eigenvalue weighted by atomic mass is 32.4. The lowest BCUT2D eigenvalue weighted by Crippen LogP contribution is -2.82. The van der Waals surface area contributed by atoms with Crippen molar-refractivity contribution in [1.29, 1.82) is 0 Å². The number of hydrogen-bond donors (Lipinski definition) is 0. The highest BCUT2D eigenvalue weighted by molar-refractivity contribution is 8.26. The number of para-hydroxylation sites is 2. The van der Waals surface area contributed by atoms with Crippen LogP contribution in [0.5, 0.6) is 0 Å². The average molecular weight is 794 g/mol. The van der Waals surface area contributed by atoms with Crippen molar-refractivity contribution in [3.63, 3.8) is 0 Å². The van der Waals surface area contributed by atoms with Gasteiger partial charge in [0.1, 0.15) is 5.69 Å². The summed E-state index contributed by atoms with van der Waals surface area (Å²) in [5, 5.41) is 10.4. The molecule has 8 heteroatoms. The van der Waals surface area contributed by atoms with Crippen LogP contribution in [0.4, 0.5) is 0 Å². The zero-order valence-corrected chi connectivity index (χ0v) is 33.8. The lowest BCUT2D eigenvalue weighted by Gasteiger charge is -2.52. The molecule has 2 aliphatic heterocycles. The molecule has 0 radical (unpaired) electrons. The Bertz CT molecular complexity index is 3270. The number of fused-ring (bicyclic) bond motifs is 8. The Balaban J connectivity index is 1.31. The van der Waals surface area contributed by atoms with Crippen LogP contribution in [0.25, 0.3) is 61.7 Å². The first kappa shape index (κ1) is 33.5. The number of nitrogens with zero attached hydrogens (tertiary/aromatic N) is 5. The van der Waals surface area contributed by atoms with Crippen LogP contribution in [0.2, 0.25) is 0 Å². The Labute approximate surface area is 341 Å². The van der Waals surface area contributed by atoms with Gasteiger partial charge in [0.2, 0.25) is 0 Å². The first-order valence-electron chi connectivity index (χ1n) is 19.4. The van der Waals surface area contributed by atoms with Gasteiger partial charge in [-0.25, -0.2) is 15.0 Å². The summed E-state index contributed by atoms with van der Waals surface area (Å²) >= 11 is 7.36. The van der Waals surface area contributed by atoms with Crippen molar-refractivity contribution in [3.8, 4) is 39.9 Å². The lowest BCUT2D eigenvalue weighted by atomic mass is 10.1. The van der Waals surface area contributed by atoms with E-state index in [1.165, 1.54) is 31.6 Å². The minimum Gasteiger partial charge on any atom is -0.309 e. The third-order valence-corrected chi connectivity index (χ3v) is 21.9. The second-order valence-corrected chi connectivity index (χ2v) is 22.9. The minimum atomic E-state index is -3.26. The van der Waals surface area contributed by atoms with E-state index < -0.39 is 14.1 Å². The van der Waals surface area contributed by atoms with Crippen LogP contribution in [0.1, 0.15) is 0 Å². The maximum absolute atomic E-state index is 7.36. The summed E-state index contributed by atoms with van der Waals surface area (Å²) in [5.74, 6) is 1.33. The quantitative estimate of drug-likeness (QED) is 0.137. The van der Waals surface area contributed by atoms with E-state index in [1.807, 2.05) is 30.5 Å². The molecule has 0 N–H and O–H groups in total. The first-order valence-corrected chi connectivity index (χ1v) is 24.2. The lowest BCUT2D eigenvalue weighted by molar-refractivity contribution is 1.17. The largest absolute Gasteiger partial charge is 0.309 e. The van der Waals surface area contributed by atoms with Crippen molar-refractivity contribution in [2.75, 3.05) is 0 Å². The summed E-state index contributed by atoms with van der Waals surface area (Å²) in [6.07, 6.45) is 2.01. The number of rotatable bonds is 5. The molecule has 5 nitrogen and oxygen atoms in total. The normalized spacial score (nSPS) is 15.9. The topological polar surface area (TPSA) is 56.5 Å². The predicted octanol–water partition coefficient (Wildman–Crippen LogP) is 7.12. The molecule has 0 saturated heterocycles. The highest BCUT2D eigenvalue weighted by Gasteiger charge is 2.50. The maximum Gasteiger partial charge on any atom is 0.159 e. The fourth-order valence-corrected chi connectivity index (χ4v) is 21.0. The molecule has 273 valence electrons. The third-order valence-electron chi connectivity index (χ3n) is 11.9. The Morgan fingerprint density at radius 1 is 0.483 bits per heavy atom. The highest BCUT2D eigenvalue weighted by Crippen LogP contribution is 2.53. The standard InChI is InChI=1S/C50H32N5PSSi/c57-56-42-31-41-39(38-28-16-17-29-40(38)55(41)35-22-10-3-11-23-35)30-44(42)58(36-24-12-4-13-25-36,37-26-14-5-15-27-37)50-47(56)46(53-49(54-50)34-20-8-2-9-21-34)45-43(56)32-51-48(52-45)33-18-6-1-7-19-33/h1-32H/q-1. The molecule has 10 aromatic rings. The van der Waals surface area contributed by atoms with Gasteiger partial charge in [-0.05, 0) is 37.6 Å². The molecule has 0 saturated carbocycles. The fraction of sp³-hybridized carbons (Fsp3) is 0. The van der Waals surface area contributed by atoms with Crippen molar-refractivity contribution in [2.24, 2.45) is 0 Å². The van der Waals surface area contributed by atoms with Crippen LogP contribution in [0, 0.1) is 0 Å². The van der Waals surface area contributed by atoms with E-state index in [0.717, 1.165) is 55.2 Å². The van der Waals surface area contributed by atoms with Crippen LogP contribution in [0.15, 0.2) is 194 Å². The molecule has 2 aliphatic rings. The number of aromatic nitrogens is 5. The Hall–Kier alpha value is -6.63. The second kappa shape index (κ2) is 12.7. The zero-order valence-electron chi connectivity index (χ0n) is 31.1. The smallest absolute Gasteiger partial charge is 0.159 e. The molecule has 0 aliphatic carbocycles. The summed E-state index contributed by atoms with van der Waals surface area (Å²) in [4.78, 5) is 21.8. The van der Waals surface area contributed by atoms with Gasteiger partial charge in [-0.1, -0.05) is 181 Å². The SMILES string of the molecule is S=P12c3cc4c(cc3[Si-](c3ccccc3)(c3ccccc3)c3nc(-c5ccccc5)nc(c31)-c1nc(-c3ccccc3)ncc12)c1ccccc1n4-c1ccccc1. The van der Waals surface area contributed by atoms with Gasteiger partial charge in [0, 0.05) is 50.4 Å². The van der Waals surface area contributed by atoms with Gasteiger partial charge in [0.05, 0.1) is 16.7 Å². The third kappa shape index (κ3) is 4.55. The fourth-order valence-electron chi connectivity index (χ4n) is 9.45. The van der Waals surface area contributed by atoms with Gasteiger partial charge in [0.15, 0.2) is 11.6 Å². The van der Waals surface area contributed by atoms with Crippen LogP contribution < -0.4 is 36.8 Å². The first-order chi connectivity index (χ1) is 28.7. The van der Waals surface area contributed by atoms with Crippen LogP contribution in [0.3, 0.4) is 0 Å². The van der Waals surface area contributed by atoms with Crippen molar-refractivity contribution in [3.05, 3.63) is 194 Å². The molecule has 3 aromatic heterocycles. The molecular weight excluding hydrogens is 762 g/mol. The van der Waals surface area contributed by atoms with E-state index in [1.54, 1.807) is 0 Å².